The van der Waals surface area contributed by atoms with Gasteiger partial charge < -0.3 is 10.8 Å². The fourth-order valence-electron chi connectivity index (χ4n) is 0.897. The zero-order chi connectivity index (χ0) is 9.14. The van der Waals surface area contributed by atoms with Gasteiger partial charge in [-0.05, 0) is 68.9 Å². The Bertz CT molecular complexity index is 278. The van der Waals surface area contributed by atoms with Gasteiger partial charge in [0, 0.05) is 13.7 Å². The molecule has 1 rings (SSSR count). The lowest BCUT2D eigenvalue weighted by atomic mass is 10.1. The number of hydrogen-bond acceptors (Lipinski definition) is 2. The summed E-state index contributed by atoms with van der Waals surface area (Å²) in [5.41, 5.74) is 6.29. The normalized spacial score (nSPS) is 13.0. The molecule has 0 aliphatic heterocycles. The van der Waals surface area contributed by atoms with E-state index in [2.05, 4.69) is 45.2 Å². The maximum absolute atomic E-state index is 9.50. The van der Waals surface area contributed by atoms with Crippen molar-refractivity contribution in [2.75, 3.05) is 6.54 Å². The number of benzene rings is 1. The molecule has 0 spiro atoms. The van der Waals surface area contributed by atoms with Crippen LogP contribution in [0.5, 0.6) is 0 Å². The minimum atomic E-state index is -0.536. The highest BCUT2D eigenvalue weighted by molar-refractivity contribution is 14.1. The molecule has 0 fully saturated rings. The van der Waals surface area contributed by atoms with E-state index in [1.165, 1.54) is 0 Å². The first-order valence-electron chi connectivity index (χ1n) is 3.48. The molecule has 3 N–H and O–H groups in total. The molecule has 0 aliphatic rings. The third-order valence-electron chi connectivity index (χ3n) is 1.54. The number of aliphatic hydroxyl groups is 1. The molecular weight excluding hydrogens is 380 g/mol. The van der Waals surface area contributed by atoms with Crippen LogP contribution in [0, 0.1) is 7.14 Å². The van der Waals surface area contributed by atoms with Crippen molar-refractivity contribution >= 4 is 45.2 Å². The molecule has 0 radical (unpaired) electrons. The van der Waals surface area contributed by atoms with E-state index >= 15 is 0 Å². The first kappa shape index (κ1) is 10.7. The van der Waals surface area contributed by atoms with Crippen LogP contribution in [-0.4, -0.2) is 11.7 Å². The van der Waals surface area contributed by atoms with Gasteiger partial charge in [-0.3, -0.25) is 0 Å². The molecule has 1 aromatic carbocycles. The molecule has 66 valence electrons. The molecule has 2 nitrogen and oxygen atoms in total. The van der Waals surface area contributed by atoms with E-state index in [-0.39, 0.29) is 6.54 Å². The van der Waals surface area contributed by atoms with Crippen LogP contribution >= 0.6 is 45.2 Å². The Morgan fingerprint density at radius 1 is 1.42 bits per heavy atom. The third kappa shape index (κ3) is 2.54. The van der Waals surface area contributed by atoms with Gasteiger partial charge in [0.2, 0.25) is 0 Å². The Morgan fingerprint density at radius 2 is 2.08 bits per heavy atom. The highest BCUT2D eigenvalue weighted by Gasteiger charge is 2.08. The topological polar surface area (TPSA) is 46.2 Å². The van der Waals surface area contributed by atoms with E-state index in [0.29, 0.717) is 0 Å². The third-order valence-corrected chi connectivity index (χ3v) is 3.19. The van der Waals surface area contributed by atoms with E-state index < -0.39 is 6.10 Å². The Morgan fingerprint density at radius 3 is 2.67 bits per heavy atom. The van der Waals surface area contributed by atoms with Gasteiger partial charge in [-0.25, -0.2) is 0 Å². The maximum Gasteiger partial charge on any atom is 0.0922 e. The fraction of sp³-hybridized carbons (Fsp3) is 0.250. The molecule has 0 amide bonds. The van der Waals surface area contributed by atoms with Crippen LogP contribution < -0.4 is 5.73 Å². The first-order chi connectivity index (χ1) is 5.65. The average molecular weight is 389 g/mol. The van der Waals surface area contributed by atoms with Crippen LogP contribution in [0.4, 0.5) is 0 Å². The van der Waals surface area contributed by atoms with Crippen molar-refractivity contribution in [3.05, 3.63) is 30.9 Å². The SMILES string of the molecule is NCC(O)c1cc(I)ccc1I. The first-order valence-corrected chi connectivity index (χ1v) is 5.64. The van der Waals surface area contributed by atoms with Crippen molar-refractivity contribution in [2.45, 2.75) is 6.10 Å². The van der Waals surface area contributed by atoms with Gasteiger partial charge in [0.1, 0.15) is 0 Å². The molecule has 1 atom stereocenters. The van der Waals surface area contributed by atoms with Gasteiger partial charge in [-0.15, -0.1) is 0 Å². The fourth-order valence-corrected chi connectivity index (χ4v) is 2.11. The van der Waals surface area contributed by atoms with Crippen LogP contribution in [0.3, 0.4) is 0 Å². The second-order valence-electron chi connectivity index (χ2n) is 2.42. The summed E-state index contributed by atoms with van der Waals surface area (Å²) in [4.78, 5) is 0. The number of nitrogens with two attached hydrogens (primary N) is 1. The number of aliphatic hydroxyl groups excluding tert-OH is 1. The number of rotatable bonds is 2. The summed E-state index contributed by atoms with van der Waals surface area (Å²) in [5, 5.41) is 9.50. The van der Waals surface area contributed by atoms with Gasteiger partial charge >= 0.3 is 0 Å². The standard InChI is InChI=1S/C8H9I2NO/c9-5-1-2-7(10)6(3-5)8(12)4-11/h1-3,8,12H,4,11H2. The minimum Gasteiger partial charge on any atom is -0.387 e. The lowest BCUT2D eigenvalue weighted by Gasteiger charge is -2.10. The highest BCUT2D eigenvalue weighted by Crippen LogP contribution is 2.21. The molecule has 0 aliphatic carbocycles. The summed E-state index contributed by atoms with van der Waals surface area (Å²) in [6.07, 6.45) is -0.536. The van der Waals surface area contributed by atoms with Crippen molar-refractivity contribution in [3.8, 4) is 0 Å². The summed E-state index contributed by atoms with van der Waals surface area (Å²) in [6, 6.07) is 5.95. The maximum atomic E-state index is 9.50. The summed E-state index contributed by atoms with van der Waals surface area (Å²) in [6.45, 7) is 0.274. The van der Waals surface area contributed by atoms with Crippen molar-refractivity contribution < 1.29 is 5.11 Å². The molecule has 0 saturated carbocycles. The van der Waals surface area contributed by atoms with E-state index in [0.717, 1.165) is 12.7 Å². The predicted octanol–water partition coefficient (Wildman–Crippen LogP) is 1.89. The summed E-state index contributed by atoms with van der Waals surface area (Å²) < 4.78 is 2.18. The van der Waals surface area contributed by atoms with Crippen molar-refractivity contribution in [3.63, 3.8) is 0 Å². The van der Waals surface area contributed by atoms with E-state index in [4.69, 9.17) is 5.73 Å². The Labute approximate surface area is 98.8 Å². The van der Waals surface area contributed by atoms with Gasteiger partial charge in [0.05, 0.1) is 6.10 Å². The minimum absolute atomic E-state index is 0.274. The van der Waals surface area contributed by atoms with Crippen LogP contribution in [-0.2, 0) is 0 Å². The average Bonchev–Trinajstić information content (AvgIpc) is 2.08. The Balaban J connectivity index is 3.04. The van der Waals surface area contributed by atoms with E-state index in [1.807, 2.05) is 18.2 Å². The Hall–Kier alpha value is 0.600. The molecule has 1 unspecified atom stereocenters. The highest BCUT2D eigenvalue weighted by atomic mass is 127. The molecule has 4 heteroatoms. The zero-order valence-corrected chi connectivity index (χ0v) is 10.6. The molecular formula is C8H9I2NO. The van der Waals surface area contributed by atoms with E-state index in [9.17, 15) is 5.11 Å². The summed E-state index contributed by atoms with van der Waals surface area (Å²) >= 11 is 4.41. The molecule has 0 heterocycles. The van der Waals surface area contributed by atoms with Gasteiger partial charge in [0.15, 0.2) is 0 Å². The quantitative estimate of drug-likeness (QED) is 0.760. The molecule has 0 aromatic heterocycles. The van der Waals surface area contributed by atoms with Crippen LogP contribution in [0.15, 0.2) is 18.2 Å². The molecule has 0 bridgehead atoms. The lowest BCUT2D eigenvalue weighted by Crippen LogP contribution is -2.12. The van der Waals surface area contributed by atoms with Crippen LogP contribution in [0.1, 0.15) is 11.7 Å². The summed E-state index contributed by atoms with van der Waals surface area (Å²) in [7, 11) is 0. The lowest BCUT2D eigenvalue weighted by molar-refractivity contribution is 0.186. The molecule has 0 saturated heterocycles. The van der Waals surface area contributed by atoms with E-state index in [1.54, 1.807) is 0 Å². The van der Waals surface area contributed by atoms with Gasteiger partial charge in [-0.1, -0.05) is 0 Å². The largest absolute Gasteiger partial charge is 0.387 e. The van der Waals surface area contributed by atoms with Gasteiger partial charge in [0.25, 0.3) is 0 Å². The van der Waals surface area contributed by atoms with Crippen molar-refractivity contribution in [1.29, 1.82) is 0 Å². The Kier molecular flexibility index (Phi) is 4.21. The molecule has 12 heavy (non-hydrogen) atoms. The summed E-state index contributed by atoms with van der Waals surface area (Å²) in [5.74, 6) is 0. The monoisotopic (exact) mass is 389 g/mol. The number of hydrogen-bond donors (Lipinski definition) is 2. The second-order valence-corrected chi connectivity index (χ2v) is 4.83. The van der Waals surface area contributed by atoms with Crippen molar-refractivity contribution in [2.24, 2.45) is 5.73 Å². The smallest absolute Gasteiger partial charge is 0.0922 e. The second kappa shape index (κ2) is 4.73. The number of halogens is 2. The zero-order valence-electron chi connectivity index (χ0n) is 6.30. The van der Waals surface area contributed by atoms with Crippen molar-refractivity contribution in [1.82, 2.24) is 0 Å². The van der Waals surface area contributed by atoms with Gasteiger partial charge in [-0.2, -0.15) is 0 Å². The predicted molar refractivity (Wildman–Crippen MR) is 65.9 cm³/mol. The van der Waals surface area contributed by atoms with Crippen LogP contribution in [0.2, 0.25) is 0 Å². The van der Waals surface area contributed by atoms with Crippen LogP contribution in [0.25, 0.3) is 0 Å². The molecule has 1 aromatic rings.